The summed E-state index contributed by atoms with van der Waals surface area (Å²) < 4.78 is 10.8. The molecule has 5 nitrogen and oxygen atoms in total. The molecule has 2 heterocycles. The standard InChI is InChI=1S/C17H20N2O3S/c1-2-13-14(10-12-6-4-3-5-7-12)18-17(19-16(13)20)23-11-15-21-8-9-22-15/h3-7,15H,2,8-11H2,1H3,(H,18,19,20). The zero-order chi connectivity index (χ0) is 16.1. The van der Waals surface area contributed by atoms with E-state index in [4.69, 9.17) is 9.47 Å². The van der Waals surface area contributed by atoms with Crippen molar-refractivity contribution in [2.45, 2.75) is 31.2 Å². The molecule has 0 aliphatic carbocycles. The first-order chi connectivity index (χ1) is 11.3. The second-order valence-electron chi connectivity index (χ2n) is 5.29. The lowest BCUT2D eigenvalue weighted by Gasteiger charge is -2.11. The van der Waals surface area contributed by atoms with Gasteiger partial charge in [0.05, 0.1) is 24.7 Å². The fraction of sp³-hybridized carbons (Fsp3) is 0.412. The van der Waals surface area contributed by atoms with Gasteiger partial charge in [0.1, 0.15) is 0 Å². The van der Waals surface area contributed by atoms with E-state index in [0.717, 1.165) is 16.8 Å². The molecule has 2 aromatic rings. The predicted molar refractivity (Wildman–Crippen MR) is 89.9 cm³/mol. The van der Waals surface area contributed by atoms with Gasteiger partial charge in [0.15, 0.2) is 11.4 Å². The van der Waals surface area contributed by atoms with E-state index < -0.39 is 0 Å². The number of rotatable bonds is 6. The number of thioether (sulfide) groups is 1. The Bertz CT molecular complexity index is 697. The fourth-order valence-corrected chi connectivity index (χ4v) is 3.37. The van der Waals surface area contributed by atoms with Crippen LogP contribution in [-0.4, -0.2) is 35.2 Å². The molecule has 0 amide bonds. The van der Waals surface area contributed by atoms with E-state index in [1.807, 2.05) is 25.1 Å². The van der Waals surface area contributed by atoms with Crippen molar-refractivity contribution in [2.24, 2.45) is 0 Å². The Kier molecular flexibility index (Phi) is 5.48. The molecule has 1 saturated heterocycles. The molecule has 1 aliphatic heterocycles. The Balaban J connectivity index is 1.79. The summed E-state index contributed by atoms with van der Waals surface area (Å²) in [4.78, 5) is 19.8. The van der Waals surface area contributed by atoms with Crippen LogP contribution in [0.5, 0.6) is 0 Å². The Labute approximate surface area is 139 Å². The highest BCUT2D eigenvalue weighted by molar-refractivity contribution is 7.99. The number of nitrogens with zero attached hydrogens (tertiary/aromatic N) is 1. The maximum atomic E-state index is 12.3. The molecule has 3 rings (SSSR count). The molecule has 1 aromatic heterocycles. The van der Waals surface area contributed by atoms with E-state index in [1.165, 1.54) is 11.8 Å². The van der Waals surface area contributed by atoms with Gasteiger partial charge in [-0.05, 0) is 12.0 Å². The maximum Gasteiger partial charge on any atom is 0.254 e. The molecule has 0 radical (unpaired) electrons. The van der Waals surface area contributed by atoms with E-state index in [1.54, 1.807) is 0 Å². The SMILES string of the molecule is CCc1c(Cc2ccccc2)nc(SCC2OCCO2)[nH]c1=O. The molecule has 1 aromatic carbocycles. The van der Waals surface area contributed by atoms with Gasteiger partial charge in [-0.15, -0.1) is 0 Å². The maximum absolute atomic E-state index is 12.3. The molecule has 1 aliphatic rings. The third-order valence-electron chi connectivity index (χ3n) is 3.69. The van der Waals surface area contributed by atoms with Crippen LogP contribution < -0.4 is 5.56 Å². The van der Waals surface area contributed by atoms with Gasteiger partial charge in [0.25, 0.3) is 5.56 Å². The number of hydrogen-bond donors (Lipinski definition) is 1. The van der Waals surface area contributed by atoms with Crippen LogP contribution in [0.4, 0.5) is 0 Å². The van der Waals surface area contributed by atoms with Crippen LogP contribution in [0.2, 0.25) is 0 Å². The minimum absolute atomic E-state index is 0.0517. The zero-order valence-electron chi connectivity index (χ0n) is 13.1. The van der Waals surface area contributed by atoms with E-state index >= 15 is 0 Å². The number of aromatic amines is 1. The summed E-state index contributed by atoms with van der Waals surface area (Å²) in [5.74, 6) is 0.624. The van der Waals surface area contributed by atoms with Crippen LogP contribution >= 0.6 is 11.8 Å². The Morgan fingerprint density at radius 3 is 2.70 bits per heavy atom. The molecule has 6 heteroatoms. The van der Waals surface area contributed by atoms with E-state index in [9.17, 15) is 4.79 Å². The first-order valence-electron chi connectivity index (χ1n) is 7.78. The first kappa shape index (κ1) is 16.2. The predicted octanol–water partition coefficient (Wildman–Crippen LogP) is 2.39. The van der Waals surface area contributed by atoms with Crippen molar-refractivity contribution in [1.29, 1.82) is 0 Å². The third kappa shape index (κ3) is 4.22. The Morgan fingerprint density at radius 2 is 2.00 bits per heavy atom. The second-order valence-corrected chi connectivity index (χ2v) is 6.30. The molecule has 23 heavy (non-hydrogen) atoms. The summed E-state index contributed by atoms with van der Waals surface area (Å²) in [6.45, 7) is 3.24. The van der Waals surface area contributed by atoms with Crippen molar-refractivity contribution in [2.75, 3.05) is 19.0 Å². The monoisotopic (exact) mass is 332 g/mol. The first-order valence-corrected chi connectivity index (χ1v) is 8.77. The lowest BCUT2D eigenvalue weighted by atomic mass is 10.1. The van der Waals surface area contributed by atoms with E-state index in [0.29, 0.717) is 37.0 Å². The zero-order valence-corrected chi connectivity index (χ0v) is 13.9. The van der Waals surface area contributed by atoms with Gasteiger partial charge < -0.3 is 14.5 Å². The normalized spacial score (nSPS) is 15.2. The second kappa shape index (κ2) is 7.77. The fourth-order valence-electron chi connectivity index (χ4n) is 2.54. The Morgan fingerprint density at radius 1 is 1.26 bits per heavy atom. The van der Waals surface area contributed by atoms with Crippen molar-refractivity contribution >= 4 is 11.8 Å². The molecule has 122 valence electrons. The van der Waals surface area contributed by atoms with Crippen LogP contribution in [0.15, 0.2) is 40.3 Å². The van der Waals surface area contributed by atoms with Gasteiger partial charge in [-0.25, -0.2) is 4.98 Å². The summed E-state index contributed by atoms with van der Waals surface area (Å²) in [5, 5.41) is 0.622. The van der Waals surface area contributed by atoms with Gasteiger partial charge in [0, 0.05) is 12.0 Å². The molecular weight excluding hydrogens is 312 g/mol. The minimum Gasteiger partial charge on any atom is -0.349 e. The van der Waals surface area contributed by atoms with Gasteiger partial charge in [-0.1, -0.05) is 49.0 Å². The van der Waals surface area contributed by atoms with Crippen LogP contribution in [0, 0.1) is 0 Å². The number of hydrogen-bond acceptors (Lipinski definition) is 5. The van der Waals surface area contributed by atoms with Crippen molar-refractivity contribution < 1.29 is 9.47 Å². The molecule has 0 atom stereocenters. The molecule has 1 N–H and O–H groups in total. The quantitative estimate of drug-likeness (QED) is 0.650. The number of ether oxygens (including phenoxy) is 2. The van der Waals surface area contributed by atoms with Crippen molar-refractivity contribution in [3.63, 3.8) is 0 Å². The lowest BCUT2D eigenvalue weighted by Crippen LogP contribution is -2.19. The van der Waals surface area contributed by atoms with Crippen molar-refractivity contribution in [3.8, 4) is 0 Å². The van der Waals surface area contributed by atoms with E-state index in [-0.39, 0.29) is 11.8 Å². The number of H-pyrrole nitrogens is 1. The minimum atomic E-state index is -0.214. The summed E-state index contributed by atoms with van der Waals surface area (Å²) >= 11 is 1.46. The van der Waals surface area contributed by atoms with Gasteiger partial charge in [0.2, 0.25) is 0 Å². The lowest BCUT2D eigenvalue weighted by molar-refractivity contribution is -0.0215. The average molecular weight is 332 g/mol. The summed E-state index contributed by atoms with van der Waals surface area (Å²) in [6, 6.07) is 10.1. The molecule has 0 bridgehead atoms. The number of benzene rings is 1. The van der Waals surface area contributed by atoms with Crippen LogP contribution in [0.3, 0.4) is 0 Å². The van der Waals surface area contributed by atoms with Crippen LogP contribution in [-0.2, 0) is 22.3 Å². The molecular formula is C17H20N2O3S. The summed E-state index contributed by atoms with van der Waals surface area (Å²) in [5.41, 5.74) is 2.70. The Hall–Kier alpha value is -1.63. The number of nitrogens with one attached hydrogen (secondary N) is 1. The largest absolute Gasteiger partial charge is 0.349 e. The summed E-state index contributed by atoms with van der Waals surface area (Å²) in [6.07, 6.45) is 1.12. The summed E-state index contributed by atoms with van der Waals surface area (Å²) in [7, 11) is 0. The topological polar surface area (TPSA) is 64.2 Å². The van der Waals surface area contributed by atoms with Gasteiger partial charge in [-0.3, -0.25) is 4.79 Å². The smallest absolute Gasteiger partial charge is 0.254 e. The highest BCUT2D eigenvalue weighted by Gasteiger charge is 2.17. The van der Waals surface area contributed by atoms with E-state index in [2.05, 4.69) is 22.1 Å². The highest BCUT2D eigenvalue weighted by atomic mass is 32.2. The average Bonchev–Trinajstić information content (AvgIpc) is 3.07. The van der Waals surface area contributed by atoms with Gasteiger partial charge in [-0.2, -0.15) is 0 Å². The molecule has 0 saturated carbocycles. The number of aromatic nitrogens is 2. The third-order valence-corrected chi connectivity index (χ3v) is 4.60. The molecule has 0 spiro atoms. The highest BCUT2D eigenvalue weighted by Crippen LogP contribution is 2.19. The van der Waals surface area contributed by atoms with Crippen molar-refractivity contribution in [1.82, 2.24) is 9.97 Å². The van der Waals surface area contributed by atoms with Crippen molar-refractivity contribution in [3.05, 3.63) is 57.5 Å². The molecule has 1 fully saturated rings. The molecule has 0 unspecified atom stereocenters. The van der Waals surface area contributed by atoms with Crippen LogP contribution in [0.1, 0.15) is 23.7 Å². The van der Waals surface area contributed by atoms with Gasteiger partial charge >= 0.3 is 0 Å². The van der Waals surface area contributed by atoms with Crippen LogP contribution in [0.25, 0.3) is 0 Å².